The van der Waals surface area contributed by atoms with Gasteiger partial charge in [-0.3, -0.25) is 10.1 Å². The molecule has 8 heteroatoms. The molecule has 1 fully saturated rings. The van der Waals surface area contributed by atoms with Gasteiger partial charge in [-0.05, 0) is 29.7 Å². The number of halogens is 2. The van der Waals surface area contributed by atoms with Gasteiger partial charge < -0.3 is 10.8 Å². The van der Waals surface area contributed by atoms with E-state index in [-0.39, 0.29) is 24.4 Å². The SMILES string of the molecule is Cl.N[C@H]1CSC[C@@H](Cc2ccc([N+](=O)[O-])c(F)c2)C1O. The summed E-state index contributed by atoms with van der Waals surface area (Å²) in [4.78, 5) is 9.77. The van der Waals surface area contributed by atoms with Gasteiger partial charge in [0, 0.05) is 17.9 Å². The van der Waals surface area contributed by atoms with Crippen molar-refractivity contribution in [3.63, 3.8) is 0 Å². The Hall–Kier alpha value is -0.890. The summed E-state index contributed by atoms with van der Waals surface area (Å²) in [5, 5.41) is 20.5. The summed E-state index contributed by atoms with van der Waals surface area (Å²) in [6.45, 7) is 0. The fourth-order valence-corrected chi connectivity index (χ4v) is 3.43. The van der Waals surface area contributed by atoms with Crippen LogP contribution in [0.3, 0.4) is 0 Å². The molecule has 1 saturated heterocycles. The number of aliphatic hydroxyl groups excluding tert-OH is 1. The van der Waals surface area contributed by atoms with Crippen LogP contribution in [0.4, 0.5) is 10.1 Å². The Kier molecular flexibility index (Phi) is 6.19. The second-order valence-corrected chi connectivity index (χ2v) is 5.77. The summed E-state index contributed by atoms with van der Waals surface area (Å²) >= 11 is 1.66. The Morgan fingerprint density at radius 3 is 2.80 bits per heavy atom. The molecular weight excluding hydrogens is 307 g/mol. The monoisotopic (exact) mass is 322 g/mol. The first-order chi connectivity index (χ1) is 8.99. The van der Waals surface area contributed by atoms with Crippen molar-refractivity contribution >= 4 is 29.9 Å². The highest BCUT2D eigenvalue weighted by Crippen LogP contribution is 2.27. The lowest BCUT2D eigenvalue weighted by atomic mass is 9.91. The summed E-state index contributed by atoms with van der Waals surface area (Å²) in [5.74, 6) is 0.583. The predicted molar refractivity (Wildman–Crippen MR) is 78.8 cm³/mol. The molecule has 1 aliphatic heterocycles. The van der Waals surface area contributed by atoms with Crippen LogP contribution in [-0.2, 0) is 6.42 Å². The van der Waals surface area contributed by atoms with Crippen molar-refractivity contribution < 1.29 is 14.4 Å². The summed E-state index contributed by atoms with van der Waals surface area (Å²) in [7, 11) is 0. The number of thioether (sulfide) groups is 1. The highest BCUT2D eigenvalue weighted by Gasteiger charge is 2.30. The molecule has 0 spiro atoms. The molecule has 0 aromatic heterocycles. The molecule has 1 aromatic rings. The topological polar surface area (TPSA) is 89.4 Å². The lowest BCUT2D eigenvalue weighted by Gasteiger charge is -2.32. The number of aliphatic hydroxyl groups is 1. The third kappa shape index (κ3) is 3.82. The van der Waals surface area contributed by atoms with Crippen molar-refractivity contribution in [2.75, 3.05) is 11.5 Å². The fraction of sp³-hybridized carbons (Fsp3) is 0.500. The molecule has 1 unspecified atom stereocenters. The number of benzene rings is 1. The average Bonchev–Trinajstić information content (AvgIpc) is 2.34. The fourth-order valence-electron chi connectivity index (χ4n) is 2.21. The minimum atomic E-state index is -0.843. The maximum Gasteiger partial charge on any atom is 0.304 e. The lowest BCUT2D eigenvalue weighted by molar-refractivity contribution is -0.387. The first-order valence-corrected chi connectivity index (χ1v) is 7.08. The van der Waals surface area contributed by atoms with Crippen molar-refractivity contribution in [1.29, 1.82) is 0 Å². The van der Waals surface area contributed by atoms with Gasteiger partial charge in [0.05, 0.1) is 11.0 Å². The first-order valence-electron chi connectivity index (χ1n) is 5.93. The molecule has 2 rings (SSSR count). The Labute approximate surface area is 126 Å². The molecule has 112 valence electrons. The molecule has 0 amide bonds. The molecule has 3 atom stereocenters. The highest BCUT2D eigenvalue weighted by molar-refractivity contribution is 7.99. The number of nitrogens with two attached hydrogens (primary N) is 1. The van der Waals surface area contributed by atoms with E-state index >= 15 is 0 Å². The van der Waals surface area contributed by atoms with E-state index in [9.17, 15) is 19.6 Å². The van der Waals surface area contributed by atoms with Gasteiger partial charge in [-0.15, -0.1) is 12.4 Å². The number of rotatable bonds is 3. The molecule has 1 aliphatic rings. The zero-order valence-corrected chi connectivity index (χ0v) is 12.2. The molecule has 1 aromatic carbocycles. The molecular formula is C12H16ClFN2O3S. The van der Waals surface area contributed by atoms with E-state index in [2.05, 4.69) is 0 Å². The molecule has 0 bridgehead atoms. The van der Waals surface area contributed by atoms with Crippen LogP contribution in [0.25, 0.3) is 0 Å². The second-order valence-electron chi connectivity index (χ2n) is 4.70. The van der Waals surface area contributed by atoms with Crippen molar-refractivity contribution in [3.05, 3.63) is 39.7 Å². The Balaban J connectivity index is 0.00000200. The van der Waals surface area contributed by atoms with Crippen LogP contribution >= 0.6 is 24.2 Å². The molecule has 0 aliphatic carbocycles. The van der Waals surface area contributed by atoms with Crippen LogP contribution in [0.15, 0.2) is 18.2 Å². The molecule has 1 heterocycles. The van der Waals surface area contributed by atoms with E-state index in [1.54, 1.807) is 11.8 Å². The van der Waals surface area contributed by atoms with Crippen LogP contribution in [0, 0.1) is 21.8 Å². The Bertz CT molecular complexity index is 492. The van der Waals surface area contributed by atoms with E-state index in [4.69, 9.17) is 5.73 Å². The summed E-state index contributed by atoms with van der Waals surface area (Å²) < 4.78 is 13.5. The molecule has 0 saturated carbocycles. The van der Waals surface area contributed by atoms with Crippen LogP contribution in [0.1, 0.15) is 5.56 Å². The maximum absolute atomic E-state index is 13.5. The zero-order valence-electron chi connectivity index (χ0n) is 10.6. The number of nitrogens with zero attached hydrogens (tertiary/aromatic N) is 1. The van der Waals surface area contributed by atoms with Crippen molar-refractivity contribution in [2.45, 2.75) is 18.6 Å². The van der Waals surface area contributed by atoms with E-state index in [1.807, 2.05) is 0 Å². The first kappa shape index (κ1) is 17.2. The van der Waals surface area contributed by atoms with Gasteiger partial charge >= 0.3 is 5.69 Å². The van der Waals surface area contributed by atoms with Crippen LogP contribution < -0.4 is 5.73 Å². The van der Waals surface area contributed by atoms with Crippen molar-refractivity contribution in [2.24, 2.45) is 11.7 Å². The summed E-state index contributed by atoms with van der Waals surface area (Å²) in [6, 6.07) is 3.58. The Morgan fingerprint density at radius 2 is 2.20 bits per heavy atom. The van der Waals surface area contributed by atoms with Crippen LogP contribution in [-0.4, -0.2) is 33.7 Å². The highest BCUT2D eigenvalue weighted by atomic mass is 35.5. The standard InChI is InChI=1S/C12H15FN2O3S.ClH/c13-9-4-7(1-2-11(9)15(17)18)3-8-5-19-6-10(14)12(8)16;/h1-2,4,8,10,12,16H,3,5-6,14H2;1H/t8-,10+,12?;/m1./s1. The quantitative estimate of drug-likeness (QED) is 0.653. The predicted octanol–water partition coefficient (Wildman–Crippen LogP) is 1.75. The lowest BCUT2D eigenvalue weighted by Crippen LogP contribution is -2.46. The molecule has 0 radical (unpaired) electrons. The van der Waals surface area contributed by atoms with Gasteiger partial charge in [-0.2, -0.15) is 16.2 Å². The van der Waals surface area contributed by atoms with Gasteiger partial charge in [0.25, 0.3) is 0 Å². The summed E-state index contributed by atoms with van der Waals surface area (Å²) in [6.07, 6.45) is -0.143. The minimum absolute atomic E-state index is 0. The van der Waals surface area contributed by atoms with E-state index < -0.39 is 22.5 Å². The van der Waals surface area contributed by atoms with E-state index in [1.165, 1.54) is 6.07 Å². The third-order valence-electron chi connectivity index (χ3n) is 3.27. The van der Waals surface area contributed by atoms with E-state index in [0.29, 0.717) is 17.7 Å². The van der Waals surface area contributed by atoms with Gasteiger partial charge in [0.2, 0.25) is 5.82 Å². The number of nitro benzene ring substituents is 1. The summed E-state index contributed by atoms with van der Waals surface area (Å²) in [5.41, 5.74) is 5.89. The van der Waals surface area contributed by atoms with Gasteiger partial charge in [-0.1, -0.05) is 6.07 Å². The third-order valence-corrected chi connectivity index (χ3v) is 4.56. The van der Waals surface area contributed by atoms with Gasteiger partial charge in [0.15, 0.2) is 0 Å². The second kappa shape index (κ2) is 7.21. The van der Waals surface area contributed by atoms with Crippen molar-refractivity contribution in [1.82, 2.24) is 0 Å². The average molecular weight is 323 g/mol. The smallest absolute Gasteiger partial charge is 0.304 e. The van der Waals surface area contributed by atoms with Gasteiger partial charge in [-0.25, -0.2) is 0 Å². The van der Waals surface area contributed by atoms with Gasteiger partial charge in [0.1, 0.15) is 0 Å². The maximum atomic E-state index is 13.5. The largest absolute Gasteiger partial charge is 0.391 e. The molecule has 5 nitrogen and oxygen atoms in total. The molecule has 3 N–H and O–H groups in total. The minimum Gasteiger partial charge on any atom is -0.391 e. The molecule has 20 heavy (non-hydrogen) atoms. The number of nitro groups is 1. The van der Waals surface area contributed by atoms with Crippen molar-refractivity contribution in [3.8, 4) is 0 Å². The normalized spacial score (nSPS) is 25.9. The van der Waals surface area contributed by atoms with Crippen LogP contribution in [0.2, 0.25) is 0 Å². The zero-order chi connectivity index (χ0) is 14.0. The Morgan fingerprint density at radius 1 is 1.50 bits per heavy atom. The number of hydrogen-bond acceptors (Lipinski definition) is 5. The van der Waals surface area contributed by atoms with Crippen LogP contribution in [0.5, 0.6) is 0 Å². The van der Waals surface area contributed by atoms with E-state index in [0.717, 1.165) is 17.9 Å². The number of hydrogen-bond donors (Lipinski definition) is 2.